The summed E-state index contributed by atoms with van der Waals surface area (Å²) in [7, 11) is 0. The lowest BCUT2D eigenvalue weighted by Gasteiger charge is -2.42. The van der Waals surface area contributed by atoms with Crippen molar-refractivity contribution in [2.45, 2.75) is 51.7 Å². The summed E-state index contributed by atoms with van der Waals surface area (Å²) in [6.45, 7) is 8.39. The standard InChI is InChI=1S/C30H30Br2N4O2/c1-20-27(22-10-12-23(31)13-11-22)33-36(25-16-14-24(32)15-17-25)30(20,4)28(38)35-26(37)18-29(2,3)34(35)19-21-8-6-5-7-9-21/h5-17,20H,18-19H2,1-4H3/t20-,30-/m1/s1. The van der Waals surface area contributed by atoms with Gasteiger partial charge in [0, 0.05) is 33.4 Å². The van der Waals surface area contributed by atoms with Gasteiger partial charge >= 0.3 is 0 Å². The van der Waals surface area contributed by atoms with Crippen molar-refractivity contribution in [3.63, 3.8) is 0 Å². The third-order valence-electron chi connectivity index (χ3n) is 7.67. The first kappa shape index (κ1) is 26.8. The van der Waals surface area contributed by atoms with Crippen molar-refractivity contribution < 1.29 is 9.59 Å². The lowest BCUT2D eigenvalue weighted by Crippen LogP contribution is -2.62. The molecule has 1 saturated heterocycles. The molecule has 0 bridgehead atoms. The number of hydrogen-bond acceptors (Lipinski definition) is 5. The van der Waals surface area contributed by atoms with Gasteiger partial charge in [0.2, 0.25) is 5.91 Å². The van der Waals surface area contributed by atoms with Gasteiger partial charge in [0.25, 0.3) is 5.91 Å². The summed E-state index contributed by atoms with van der Waals surface area (Å²) in [5.74, 6) is -0.776. The van der Waals surface area contributed by atoms with Crippen molar-refractivity contribution in [1.82, 2.24) is 10.0 Å². The molecule has 2 heterocycles. The average molecular weight is 638 g/mol. The molecule has 5 rings (SSSR count). The number of hydrazine groups is 1. The maximum atomic E-state index is 14.7. The van der Waals surface area contributed by atoms with Gasteiger partial charge in [0.05, 0.1) is 11.4 Å². The van der Waals surface area contributed by atoms with E-state index in [0.29, 0.717) is 6.54 Å². The molecule has 3 aromatic carbocycles. The van der Waals surface area contributed by atoms with Crippen LogP contribution in [0.5, 0.6) is 0 Å². The average Bonchev–Trinajstić information content (AvgIpc) is 3.29. The molecule has 196 valence electrons. The Labute approximate surface area is 240 Å². The maximum Gasteiger partial charge on any atom is 0.272 e. The predicted octanol–water partition coefficient (Wildman–Crippen LogP) is 6.79. The van der Waals surface area contributed by atoms with Crippen molar-refractivity contribution in [3.05, 3.63) is 98.9 Å². The quantitative estimate of drug-likeness (QED) is 0.289. The SMILES string of the molecule is C[C@@H]1C(c2ccc(Br)cc2)=NN(c2ccc(Br)cc2)[C@@]1(C)C(=O)N1C(=O)CC(C)(C)N1Cc1ccccc1. The Bertz CT molecular complexity index is 1390. The van der Waals surface area contributed by atoms with Crippen molar-refractivity contribution in [3.8, 4) is 0 Å². The molecule has 0 aliphatic carbocycles. The summed E-state index contributed by atoms with van der Waals surface area (Å²) in [6, 6.07) is 25.6. The Morgan fingerprint density at radius 1 is 0.921 bits per heavy atom. The van der Waals surface area contributed by atoms with E-state index >= 15 is 0 Å². The fraction of sp³-hybridized carbons (Fsp3) is 0.300. The maximum absolute atomic E-state index is 14.7. The van der Waals surface area contributed by atoms with Crippen LogP contribution in [-0.2, 0) is 16.1 Å². The van der Waals surface area contributed by atoms with Gasteiger partial charge in [0.15, 0.2) is 0 Å². The number of anilines is 1. The van der Waals surface area contributed by atoms with Crippen molar-refractivity contribution in [1.29, 1.82) is 0 Å². The zero-order valence-electron chi connectivity index (χ0n) is 21.9. The van der Waals surface area contributed by atoms with E-state index in [-0.39, 0.29) is 24.2 Å². The number of benzene rings is 3. The Balaban J connectivity index is 1.59. The van der Waals surface area contributed by atoms with Crippen LogP contribution < -0.4 is 5.01 Å². The third kappa shape index (κ3) is 4.63. The second-order valence-corrected chi connectivity index (χ2v) is 12.5. The van der Waals surface area contributed by atoms with E-state index in [2.05, 4.69) is 31.9 Å². The molecule has 0 unspecified atom stereocenters. The topological polar surface area (TPSA) is 56.2 Å². The molecule has 6 nitrogen and oxygen atoms in total. The van der Waals surface area contributed by atoms with E-state index in [9.17, 15) is 9.59 Å². The third-order valence-corrected chi connectivity index (χ3v) is 8.73. The number of hydrazone groups is 1. The van der Waals surface area contributed by atoms with Gasteiger partial charge in [-0.3, -0.25) is 9.59 Å². The molecular formula is C30H30Br2N4O2. The number of carbonyl (C=O) groups is 2. The van der Waals surface area contributed by atoms with Crippen LogP contribution in [0.3, 0.4) is 0 Å². The summed E-state index contributed by atoms with van der Waals surface area (Å²) in [5.41, 5.74) is 1.91. The van der Waals surface area contributed by atoms with Crippen LogP contribution in [0.25, 0.3) is 0 Å². The second-order valence-electron chi connectivity index (χ2n) is 10.7. The number of rotatable bonds is 5. The molecule has 0 N–H and O–H groups in total. The number of hydrogen-bond donors (Lipinski definition) is 0. The highest BCUT2D eigenvalue weighted by Crippen LogP contribution is 2.43. The zero-order valence-corrected chi connectivity index (χ0v) is 25.0. The zero-order chi connectivity index (χ0) is 27.2. The number of imide groups is 1. The fourth-order valence-corrected chi connectivity index (χ4v) is 5.81. The van der Waals surface area contributed by atoms with Crippen LogP contribution in [0.2, 0.25) is 0 Å². The number of halogens is 2. The summed E-state index contributed by atoms with van der Waals surface area (Å²) in [6.07, 6.45) is 0.259. The number of amides is 2. The summed E-state index contributed by atoms with van der Waals surface area (Å²) < 4.78 is 1.90. The van der Waals surface area contributed by atoms with E-state index in [1.54, 1.807) is 5.01 Å². The van der Waals surface area contributed by atoms with Crippen LogP contribution in [0.4, 0.5) is 5.69 Å². The van der Waals surface area contributed by atoms with Crippen molar-refractivity contribution in [2.24, 2.45) is 11.0 Å². The Morgan fingerprint density at radius 2 is 1.50 bits per heavy atom. The second kappa shape index (κ2) is 10.1. The van der Waals surface area contributed by atoms with E-state index < -0.39 is 11.1 Å². The Kier molecular flexibility index (Phi) is 7.09. The lowest BCUT2D eigenvalue weighted by molar-refractivity contribution is -0.165. The monoisotopic (exact) mass is 636 g/mol. The Hall–Kier alpha value is -2.81. The molecule has 0 radical (unpaired) electrons. The molecule has 3 aromatic rings. The minimum Gasteiger partial charge on any atom is -0.273 e. The lowest BCUT2D eigenvalue weighted by atomic mass is 9.81. The fourth-order valence-electron chi connectivity index (χ4n) is 5.28. The molecule has 8 heteroatoms. The van der Waals surface area contributed by atoms with Crippen molar-refractivity contribution >= 4 is 55.1 Å². The van der Waals surface area contributed by atoms with Gasteiger partial charge in [-0.2, -0.15) is 5.10 Å². The van der Waals surface area contributed by atoms with Gasteiger partial charge in [-0.25, -0.2) is 15.0 Å². The van der Waals surface area contributed by atoms with Gasteiger partial charge in [0.1, 0.15) is 5.54 Å². The van der Waals surface area contributed by atoms with Gasteiger partial charge in [-0.1, -0.05) is 81.2 Å². The molecule has 0 saturated carbocycles. The van der Waals surface area contributed by atoms with Gasteiger partial charge in [-0.15, -0.1) is 0 Å². The molecule has 2 amide bonds. The minimum atomic E-state index is -1.14. The van der Waals surface area contributed by atoms with Crippen LogP contribution in [0.15, 0.2) is 92.9 Å². The number of carbonyl (C=O) groups excluding carboxylic acids is 2. The smallest absolute Gasteiger partial charge is 0.272 e. The van der Waals surface area contributed by atoms with Crippen LogP contribution in [-0.4, -0.2) is 38.6 Å². The van der Waals surface area contributed by atoms with Gasteiger partial charge < -0.3 is 0 Å². The van der Waals surface area contributed by atoms with Crippen LogP contribution >= 0.6 is 31.9 Å². The molecule has 2 atom stereocenters. The first-order chi connectivity index (χ1) is 18.0. The van der Waals surface area contributed by atoms with E-state index in [0.717, 1.165) is 31.5 Å². The molecule has 38 heavy (non-hydrogen) atoms. The molecule has 2 aliphatic rings. The normalized spacial score (nSPS) is 23.2. The number of nitrogens with zero attached hydrogens (tertiary/aromatic N) is 4. The first-order valence-electron chi connectivity index (χ1n) is 12.6. The Morgan fingerprint density at radius 3 is 2.11 bits per heavy atom. The van der Waals surface area contributed by atoms with E-state index in [4.69, 9.17) is 5.10 Å². The largest absolute Gasteiger partial charge is 0.273 e. The van der Waals surface area contributed by atoms with Crippen LogP contribution in [0, 0.1) is 5.92 Å². The molecule has 0 spiro atoms. The molecule has 0 aromatic heterocycles. The highest BCUT2D eigenvalue weighted by atomic mass is 79.9. The highest BCUT2D eigenvalue weighted by Gasteiger charge is 2.58. The predicted molar refractivity (Wildman–Crippen MR) is 157 cm³/mol. The van der Waals surface area contributed by atoms with Gasteiger partial charge in [-0.05, 0) is 68.3 Å². The first-order valence-corrected chi connectivity index (χ1v) is 14.2. The summed E-state index contributed by atoms with van der Waals surface area (Å²) in [5, 5.41) is 10.1. The van der Waals surface area contributed by atoms with E-state index in [1.165, 1.54) is 5.01 Å². The highest BCUT2D eigenvalue weighted by molar-refractivity contribution is 9.10. The van der Waals surface area contributed by atoms with E-state index in [1.807, 2.05) is 112 Å². The van der Waals surface area contributed by atoms with Crippen LogP contribution in [0.1, 0.15) is 45.2 Å². The summed E-state index contributed by atoms with van der Waals surface area (Å²) >= 11 is 7.01. The molecule has 1 fully saturated rings. The minimum absolute atomic E-state index is 0.197. The summed E-state index contributed by atoms with van der Waals surface area (Å²) in [4.78, 5) is 28.2. The van der Waals surface area contributed by atoms with Crippen molar-refractivity contribution in [2.75, 3.05) is 5.01 Å². The molecular weight excluding hydrogens is 608 g/mol. The molecule has 2 aliphatic heterocycles.